The number of rotatable bonds is 2. The number of carboxylic acids is 1. The molecule has 29 heavy (non-hydrogen) atoms. The highest BCUT2D eigenvalue weighted by Crippen LogP contribution is 2.35. The molecule has 0 radical (unpaired) electrons. The van der Waals surface area contributed by atoms with Crippen molar-refractivity contribution in [1.29, 1.82) is 0 Å². The summed E-state index contributed by atoms with van der Waals surface area (Å²) in [6.45, 7) is 2.32. The zero-order chi connectivity index (χ0) is 20.2. The van der Waals surface area contributed by atoms with E-state index in [1.54, 1.807) is 22.6 Å². The van der Waals surface area contributed by atoms with E-state index in [9.17, 15) is 4.79 Å². The molecule has 0 saturated carbocycles. The van der Waals surface area contributed by atoms with Crippen LogP contribution < -0.4 is 4.72 Å². The van der Waals surface area contributed by atoms with Crippen LogP contribution in [0.3, 0.4) is 0 Å². The van der Waals surface area contributed by atoms with Crippen LogP contribution in [0.15, 0.2) is 71.8 Å². The van der Waals surface area contributed by atoms with E-state index >= 15 is 0 Å². The summed E-state index contributed by atoms with van der Waals surface area (Å²) in [6.07, 6.45) is 8.40. The molecular weight excluding hydrogens is 378 g/mol. The zero-order valence-corrected chi connectivity index (χ0v) is 17.3. The van der Waals surface area contributed by atoms with Gasteiger partial charge in [0.25, 0.3) is 0 Å². The van der Waals surface area contributed by atoms with Crippen LogP contribution in [0.5, 0.6) is 0 Å². The fourth-order valence-corrected chi connectivity index (χ4v) is 4.72. The average molecular weight is 404 g/mol. The molecule has 3 nitrogen and oxygen atoms in total. The number of hydrogen-bond acceptors (Lipinski definition) is 3. The maximum Gasteiger partial charge on any atom is 0.352 e. The fraction of sp³-hybridized carbons (Fsp3) is 0.240. The van der Waals surface area contributed by atoms with Crippen molar-refractivity contribution < 1.29 is 9.90 Å². The first-order valence-corrected chi connectivity index (χ1v) is 11.0. The summed E-state index contributed by atoms with van der Waals surface area (Å²) in [6, 6.07) is 18.1. The molecule has 0 bridgehead atoms. The lowest BCUT2D eigenvalue weighted by Crippen LogP contribution is -2.13. The van der Waals surface area contributed by atoms with Crippen LogP contribution >= 0.6 is 11.9 Å². The standard InChI is InChI=1S/C20H20.C5H5NO2S/c1-2-14-7-10-18-16(13-14)9-12-19-17-6-4-3-5-15(17)8-11-20(18)19;7-5(8)4-2-1-3-9-6-4/h3-6,8-9,11-12,14H,2,7,10,13H2,1H3;1-3,6H,(H,7,8). The minimum absolute atomic E-state index is 0.225. The molecule has 4 heteroatoms. The van der Waals surface area contributed by atoms with Gasteiger partial charge in [-0.3, -0.25) is 0 Å². The van der Waals surface area contributed by atoms with E-state index in [0.29, 0.717) is 0 Å². The van der Waals surface area contributed by atoms with Gasteiger partial charge in [-0.2, -0.15) is 0 Å². The minimum Gasteiger partial charge on any atom is -0.477 e. The Balaban J connectivity index is 0.000000192. The average Bonchev–Trinajstić information content (AvgIpc) is 2.79. The SMILES string of the molecule is CCC1CCc2c(ccc3c2ccc2ccccc23)C1.O=C(O)C1=CC=CSN1. The van der Waals surface area contributed by atoms with Crippen LogP contribution in [0.1, 0.15) is 30.9 Å². The Hall–Kier alpha value is -2.72. The molecule has 1 aliphatic heterocycles. The third-order valence-corrected chi connectivity index (χ3v) is 6.46. The Labute approximate surface area is 175 Å². The van der Waals surface area contributed by atoms with Gasteiger partial charge in [0.05, 0.1) is 0 Å². The Bertz CT molecular complexity index is 1120. The fourth-order valence-electron chi connectivity index (χ4n) is 4.21. The van der Waals surface area contributed by atoms with Crippen LogP contribution in [0.25, 0.3) is 21.5 Å². The van der Waals surface area contributed by atoms with E-state index in [-0.39, 0.29) is 5.70 Å². The lowest BCUT2D eigenvalue weighted by Gasteiger charge is -2.25. The van der Waals surface area contributed by atoms with Gasteiger partial charge >= 0.3 is 5.97 Å². The Kier molecular flexibility index (Phi) is 5.91. The van der Waals surface area contributed by atoms with Crippen LogP contribution in [-0.4, -0.2) is 11.1 Å². The number of hydrogen-bond donors (Lipinski definition) is 2. The third kappa shape index (κ3) is 4.18. The van der Waals surface area contributed by atoms with Gasteiger partial charge in [-0.05, 0) is 81.3 Å². The van der Waals surface area contributed by atoms with Gasteiger partial charge in [-0.15, -0.1) is 0 Å². The van der Waals surface area contributed by atoms with Crippen LogP contribution in [-0.2, 0) is 17.6 Å². The first-order valence-electron chi connectivity index (χ1n) is 10.1. The normalized spacial score (nSPS) is 17.7. The van der Waals surface area contributed by atoms with Gasteiger partial charge in [0.1, 0.15) is 5.70 Å². The molecule has 0 aromatic heterocycles. The predicted molar refractivity (Wildman–Crippen MR) is 123 cm³/mol. The molecule has 1 heterocycles. The van der Waals surface area contributed by atoms with Gasteiger partial charge in [0.15, 0.2) is 0 Å². The summed E-state index contributed by atoms with van der Waals surface area (Å²) >= 11 is 1.25. The molecule has 1 aliphatic carbocycles. The first kappa shape index (κ1) is 19.6. The monoisotopic (exact) mass is 403 g/mol. The molecule has 2 N–H and O–H groups in total. The van der Waals surface area contributed by atoms with Crippen LogP contribution in [0, 0.1) is 5.92 Å². The molecule has 1 atom stereocenters. The van der Waals surface area contributed by atoms with Gasteiger partial charge < -0.3 is 9.83 Å². The van der Waals surface area contributed by atoms with E-state index in [4.69, 9.17) is 5.11 Å². The summed E-state index contributed by atoms with van der Waals surface area (Å²) in [5, 5.41) is 15.8. The predicted octanol–water partition coefficient (Wildman–Crippen LogP) is 6.23. The molecule has 3 aromatic carbocycles. The van der Waals surface area contributed by atoms with Crippen LogP contribution in [0.4, 0.5) is 0 Å². The maximum atomic E-state index is 10.2. The van der Waals surface area contributed by atoms with E-state index < -0.39 is 5.97 Å². The topological polar surface area (TPSA) is 49.3 Å². The summed E-state index contributed by atoms with van der Waals surface area (Å²) in [5.74, 6) is -0.0349. The Morgan fingerprint density at radius 1 is 1.10 bits per heavy atom. The highest BCUT2D eigenvalue weighted by molar-refractivity contribution is 8.00. The second kappa shape index (κ2) is 8.75. The number of carboxylic acid groups (broad SMARTS) is 1. The summed E-state index contributed by atoms with van der Waals surface area (Å²) in [4.78, 5) is 10.2. The molecule has 0 amide bonds. The lowest BCUT2D eigenvalue weighted by atomic mass is 9.80. The number of nitrogens with one attached hydrogen (secondary N) is 1. The summed E-state index contributed by atoms with van der Waals surface area (Å²) in [7, 11) is 0. The van der Waals surface area contributed by atoms with E-state index in [1.165, 1.54) is 65.3 Å². The van der Waals surface area contributed by atoms with E-state index in [2.05, 4.69) is 60.2 Å². The minimum atomic E-state index is -0.924. The molecule has 3 aromatic rings. The first-order chi connectivity index (χ1) is 14.2. The smallest absolute Gasteiger partial charge is 0.352 e. The molecule has 0 fully saturated rings. The van der Waals surface area contributed by atoms with Gasteiger partial charge in [-0.1, -0.05) is 68.0 Å². The van der Waals surface area contributed by atoms with Crippen molar-refractivity contribution in [3.05, 3.63) is 82.9 Å². The number of carbonyl (C=O) groups is 1. The van der Waals surface area contributed by atoms with Crippen molar-refractivity contribution in [2.75, 3.05) is 0 Å². The lowest BCUT2D eigenvalue weighted by molar-refractivity contribution is -0.132. The van der Waals surface area contributed by atoms with Crippen molar-refractivity contribution in [2.24, 2.45) is 5.92 Å². The molecule has 0 saturated heterocycles. The molecule has 0 spiro atoms. The van der Waals surface area contributed by atoms with Gasteiger partial charge in [0, 0.05) is 0 Å². The van der Waals surface area contributed by atoms with Crippen molar-refractivity contribution in [1.82, 2.24) is 4.72 Å². The molecule has 2 aliphatic rings. The maximum absolute atomic E-state index is 10.2. The molecule has 1 unspecified atom stereocenters. The van der Waals surface area contributed by atoms with Crippen molar-refractivity contribution in [3.63, 3.8) is 0 Å². The summed E-state index contributed by atoms with van der Waals surface area (Å²) < 4.78 is 2.61. The number of aryl methyl sites for hydroxylation is 1. The van der Waals surface area contributed by atoms with E-state index in [1.807, 2.05) is 0 Å². The Morgan fingerprint density at radius 3 is 2.66 bits per heavy atom. The number of fused-ring (bicyclic) bond motifs is 5. The second-order valence-corrected chi connectivity index (χ2v) is 8.25. The number of benzene rings is 3. The number of aliphatic carboxylic acids is 1. The highest BCUT2D eigenvalue weighted by atomic mass is 32.2. The van der Waals surface area contributed by atoms with Crippen molar-refractivity contribution >= 4 is 39.5 Å². The number of allylic oxidation sites excluding steroid dienone is 2. The van der Waals surface area contributed by atoms with E-state index in [0.717, 1.165) is 5.92 Å². The zero-order valence-electron chi connectivity index (χ0n) is 16.5. The van der Waals surface area contributed by atoms with Crippen LogP contribution in [0.2, 0.25) is 0 Å². The molecule has 148 valence electrons. The van der Waals surface area contributed by atoms with Gasteiger partial charge in [-0.25, -0.2) is 4.79 Å². The largest absolute Gasteiger partial charge is 0.477 e. The Morgan fingerprint density at radius 2 is 1.93 bits per heavy atom. The highest BCUT2D eigenvalue weighted by Gasteiger charge is 2.19. The molecular formula is C25H25NO2S. The quantitative estimate of drug-likeness (QED) is 0.393. The molecule has 5 rings (SSSR count). The third-order valence-electron chi connectivity index (χ3n) is 5.83. The summed E-state index contributed by atoms with van der Waals surface area (Å²) in [5.41, 5.74) is 3.42. The van der Waals surface area contributed by atoms with Crippen molar-refractivity contribution in [3.8, 4) is 0 Å². The second-order valence-electron chi connectivity index (χ2n) is 7.54. The van der Waals surface area contributed by atoms with Crippen molar-refractivity contribution in [2.45, 2.75) is 32.6 Å². The van der Waals surface area contributed by atoms with Gasteiger partial charge in [0.2, 0.25) is 0 Å².